The number of hydrogen-bond acceptors (Lipinski definition) is 0. The summed E-state index contributed by atoms with van der Waals surface area (Å²) in [6.07, 6.45) is 0. The predicted molar refractivity (Wildman–Crippen MR) is 28.8 cm³/mol. The van der Waals surface area contributed by atoms with Crippen molar-refractivity contribution < 1.29 is 68.9 Å². The second-order valence-corrected chi connectivity index (χ2v) is 1.50. The van der Waals surface area contributed by atoms with E-state index < -0.39 is 0 Å². The van der Waals surface area contributed by atoms with Gasteiger partial charge in [0.2, 0.25) is 0 Å². The Hall–Kier alpha value is 2.97. The van der Waals surface area contributed by atoms with Crippen LogP contribution in [-0.4, -0.2) is 27.3 Å². The zero-order chi connectivity index (χ0) is 3.58. The molecule has 32 valence electrons. The topological polar surface area (TPSA) is 0 Å². The van der Waals surface area contributed by atoms with Gasteiger partial charge in [-0.05, 0) is 0 Å². The molecule has 0 fully saturated rings. The van der Waals surface area contributed by atoms with Crippen LogP contribution in [0.25, 0.3) is 0 Å². The fourth-order valence-electron chi connectivity index (χ4n) is 0. The Morgan fingerprint density at radius 2 is 1.00 bits per heavy atom. The van der Waals surface area contributed by atoms with E-state index in [0.29, 0.717) is 0 Å². The molecule has 0 aromatic carbocycles. The van der Waals surface area contributed by atoms with Gasteiger partial charge >= 0.3 is 96.2 Å². The van der Waals surface area contributed by atoms with Crippen LogP contribution < -0.4 is 68.9 Å². The van der Waals surface area contributed by atoms with Gasteiger partial charge in [-0.15, -0.1) is 0 Å². The van der Waals surface area contributed by atoms with Crippen LogP contribution in [0, 0.1) is 5.92 Å². The van der Waals surface area contributed by atoms with E-state index in [1.165, 1.54) is 5.92 Å². The average Bonchev–Trinajstić information content (AvgIpc) is 0.811. The van der Waals surface area contributed by atoms with E-state index in [1.807, 2.05) is 0 Å². The van der Waals surface area contributed by atoms with E-state index in [4.69, 9.17) is 0 Å². The van der Waals surface area contributed by atoms with E-state index in [0.717, 1.165) is 0 Å². The van der Waals surface area contributed by atoms with Gasteiger partial charge in [-0.25, -0.2) is 0 Å². The van der Waals surface area contributed by atoms with Gasteiger partial charge in [-0.2, -0.15) is 20.8 Å². The first-order chi connectivity index (χ1) is 1.73. The molecule has 0 bridgehead atoms. The summed E-state index contributed by atoms with van der Waals surface area (Å²) in [7, 11) is 0. The van der Waals surface area contributed by atoms with Crippen LogP contribution >= 0.6 is 0 Å². The molecule has 0 saturated heterocycles. The molecule has 0 heterocycles. The Balaban J connectivity index is -0.0000000450. The summed E-state index contributed by atoms with van der Waals surface area (Å²) in [6, 6.07) is 0. The van der Waals surface area contributed by atoms with Crippen molar-refractivity contribution in [3.8, 4) is 0 Å². The normalized spacial score (nSPS) is 6.00. The van der Waals surface area contributed by atoms with Crippen molar-refractivity contribution in [2.45, 2.75) is 20.8 Å². The molecule has 0 aromatic rings. The average molecular weight is 399 g/mol. The van der Waals surface area contributed by atoms with Gasteiger partial charge < -0.3 is 5.92 Å². The molecule has 0 nitrogen and oxygen atoms in total. The third-order valence-electron chi connectivity index (χ3n) is 0. The fourth-order valence-corrected chi connectivity index (χ4v) is 0. The van der Waals surface area contributed by atoms with Crippen molar-refractivity contribution in [1.29, 1.82) is 0 Å². The van der Waals surface area contributed by atoms with Crippen LogP contribution in [0.5, 0.6) is 0 Å². The second-order valence-electron chi connectivity index (χ2n) is 1.50. The van der Waals surface area contributed by atoms with E-state index in [-0.39, 0.29) is 96.2 Å². The molecule has 0 aliphatic carbocycles. The molecule has 0 saturated carbocycles. The van der Waals surface area contributed by atoms with Gasteiger partial charge in [0, 0.05) is 0 Å². The minimum atomic E-state index is 0. The molecule has 0 aromatic heterocycles. The molecular formula is C4H11CsPb. The van der Waals surface area contributed by atoms with Crippen LogP contribution in [0.15, 0.2) is 0 Å². The molecule has 0 spiro atoms. The van der Waals surface area contributed by atoms with Gasteiger partial charge in [-0.3, -0.25) is 0 Å². The maximum absolute atomic E-state index is 2.08. The summed E-state index contributed by atoms with van der Waals surface area (Å²) >= 11 is 0. The molecule has 0 aliphatic heterocycles. The zero-order valence-corrected chi connectivity index (χ0v) is 17.0. The first-order valence-corrected chi connectivity index (χ1v) is 1.50. The van der Waals surface area contributed by atoms with Crippen LogP contribution in [0.4, 0.5) is 0 Å². The van der Waals surface area contributed by atoms with Crippen molar-refractivity contribution >= 4 is 27.3 Å². The van der Waals surface area contributed by atoms with Crippen LogP contribution in [0.3, 0.4) is 0 Å². The third-order valence-corrected chi connectivity index (χ3v) is 0. The van der Waals surface area contributed by atoms with Crippen molar-refractivity contribution in [2.75, 3.05) is 0 Å². The minimum absolute atomic E-state index is 0. The summed E-state index contributed by atoms with van der Waals surface area (Å²) < 4.78 is 0. The summed E-state index contributed by atoms with van der Waals surface area (Å²) in [6.45, 7) is 6.25. The molecule has 0 aliphatic rings. The number of hydrogen-bond donors (Lipinski definition) is 0. The SMILES string of the molecule is C[C-](C)C.[Cs+].[PbH2]. The summed E-state index contributed by atoms with van der Waals surface area (Å²) in [4.78, 5) is 0. The Labute approximate surface area is 119 Å². The monoisotopic (exact) mass is 400 g/mol. The third kappa shape index (κ3) is 28.1. The van der Waals surface area contributed by atoms with Crippen molar-refractivity contribution in [2.24, 2.45) is 0 Å². The second kappa shape index (κ2) is 10.9. The van der Waals surface area contributed by atoms with Crippen molar-refractivity contribution in [3.05, 3.63) is 5.92 Å². The standard InChI is InChI=1S/C4H9.Cs.Pb.2H/c1-4(2)3;;;;/h1-3H3;;;;/q-1;+1;;;. The Morgan fingerprint density at radius 3 is 1.00 bits per heavy atom. The van der Waals surface area contributed by atoms with Gasteiger partial charge in [0.25, 0.3) is 0 Å². The Kier molecular flexibility index (Phi) is 29.0. The zero-order valence-electron chi connectivity index (χ0n) is 5.21. The Morgan fingerprint density at radius 1 is 1.00 bits per heavy atom. The fraction of sp³-hybridized carbons (Fsp3) is 0.750. The van der Waals surface area contributed by atoms with Crippen LogP contribution in [0.1, 0.15) is 20.8 Å². The molecule has 0 rings (SSSR count). The van der Waals surface area contributed by atoms with Crippen molar-refractivity contribution in [1.82, 2.24) is 0 Å². The van der Waals surface area contributed by atoms with Gasteiger partial charge in [0.05, 0.1) is 0 Å². The maximum atomic E-state index is 2.08. The first-order valence-electron chi connectivity index (χ1n) is 1.50. The van der Waals surface area contributed by atoms with Crippen LogP contribution in [-0.2, 0) is 0 Å². The molecule has 6 heavy (non-hydrogen) atoms. The molecule has 0 N–H and O–H groups in total. The molecule has 0 atom stereocenters. The van der Waals surface area contributed by atoms with E-state index in [9.17, 15) is 0 Å². The quantitative estimate of drug-likeness (QED) is 0.318. The molecule has 2 heteroatoms. The summed E-state index contributed by atoms with van der Waals surface area (Å²) in [5.41, 5.74) is 0. The molecule has 0 unspecified atom stereocenters. The van der Waals surface area contributed by atoms with E-state index >= 15 is 0 Å². The van der Waals surface area contributed by atoms with Gasteiger partial charge in [0.1, 0.15) is 0 Å². The van der Waals surface area contributed by atoms with Crippen molar-refractivity contribution in [3.63, 3.8) is 0 Å². The summed E-state index contributed by atoms with van der Waals surface area (Å²) in [5, 5.41) is 0. The first kappa shape index (κ1) is 16.0. The molecule has 2 radical (unpaired) electrons. The van der Waals surface area contributed by atoms with Crippen LogP contribution in [0.2, 0.25) is 0 Å². The molecular weight excluding hydrogens is 388 g/mol. The van der Waals surface area contributed by atoms with Gasteiger partial charge in [0.15, 0.2) is 0 Å². The van der Waals surface area contributed by atoms with E-state index in [1.54, 1.807) is 0 Å². The summed E-state index contributed by atoms with van der Waals surface area (Å²) in [5.74, 6) is 1.42. The Bertz CT molecular complexity index is 12.3. The molecule has 0 amide bonds. The van der Waals surface area contributed by atoms with Gasteiger partial charge in [-0.1, -0.05) is 0 Å². The van der Waals surface area contributed by atoms with E-state index in [2.05, 4.69) is 20.8 Å². The number of rotatable bonds is 0. The predicted octanol–water partition coefficient (Wildman–Crippen LogP) is -2.29.